The van der Waals surface area contributed by atoms with Gasteiger partial charge in [-0.25, -0.2) is 43.3 Å². The summed E-state index contributed by atoms with van der Waals surface area (Å²) in [6, 6.07) is 2.79. The van der Waals surface area contributed by atoms with E-state index in [1.54, 1.807) is 0 Å². The van der Waals surface area contributed by atoms with Gasteiger partial charge in [0.25, 0.3) is 11.8 Å². The average Bonchev–Trinajstić information content (AvgIpc) is 3.60. The third-order valence-corrected chi connectivity index (χ3v) is 10.3. The molecule has 0 aromatic heterocycles. The molecule has 0 saturated carbocycles. The minimum Gasteiger partial charge on any atom is -0.744 e. The molecule has 4 rings (SSSR count). The summed E-state index contributed by atoms with van der Waals surface area (Å²) in [5.74, 6) is -6.07. The smallest absolute Gasteiger partial charge is 0.744 e. The van der Waals surface area contributed by atoms with Gasteiger partial charge in [0.2, 0.25) is 0 Å². The molecule has 2 aromatic rings. The second kappa shape index (κ2) is 22.6. The number of hydrogen-bond acceptors (Lipinski definition) is 20. The number of amides is 2. The van der Waals surface area contributed by atoms with E-state index in [4.69, 9.17) is 0 Å². The van der Waals surface area contributed by atoms with E-state index in [1.165, 1.54) is 30.4 Å². The Labute approximate surface area is 424 Å². The maximum Gasteiger partial charge on any atom is 1.00 e. The van der Waals surface area contributed by atoms with Crippen LogP contribution >= 0.6 is 0 Å². The Balaban J connectivity index is 0.00000841. The van der Waals surface area contributed by atoms with Crippen LogP contribution in [-0.4, -0.2) is 101 Å². The molecule has 22 nitrogen and oxygen atoms in total. The van der Waals surface area contributed by atoms with Gasteiger partial charge in [-0.05, 0) is 42.5 Å². The summed E-state index contributed by atoms with van der Waals surface area (Å²) in [6.07, 6.45) is 8.32. The number of benzene rings is 2. The van der Waals surface area contributed by atoms with Crippen molar-refractivity contribution in [2.75, 3.05) is 24.2 Å². The number of nitrogens with zero attached hydrogens (tertiary/aromatic N) is 4. The van der Waals surface area contributed by atoms with Gasteiger partial charge in [0, 0.05) is 0 Å². The van der Waals surface area contributed by atoms with Gasteiger partial charge in [-0.1, -0.05) is 36.5 Å². The Hall–Kier alpha value is -1.74. The Kier molecular flexibility index (Phi) is 21.9. The van der Waals surface area contributed by atoms with E-state index in [0.717, 1.165) is 26.4 Å². The van der Waals surface area contributed by atoms with Gasteiger partial charge in [0.1, 0.15) is 46.4 Å². The fourth-order valence-electron chi connectivity index (χ4n) is 4.54. The van der Waals surface area contributed by atoms with Crippen molar-refractivity contribution in [2.45, 2.75) is 19.6 Å². The Morgan fingerprint density at radius 2 is 0.983 bits per heavy atom. The molecule has 2 amide bonds. The number of ether oxygens (including phenoxy) is 2. The molecule has 0 radical (unpaired) electrons. The zero-order valence-corrected chi connectivity index (χ0v) is 42.6. The second-order valence-corrected chi connectivity index (χ2v) is 16.1. The summed E-state index contributed by atoms with van der Waals surface area (Å²) in [5.41, 5.74) is -3.04. The van der Waals surface area contributed by atoms with Gasteiger partial charge >= 0.3 is 130 Å². The third kappa shape index (κ3) is 14.1. The molecule has 1 atom stereocenters. The molecule has 1 unspecified atom stereocenters. The van der Waals surface area contributed by atoms with Gasteiger partial charge in [0.05, 0.1) is 50.7 Å². The first-order valence-corrected chi connectivity index (χ1v) is 19.9. The van der Waals surface area contributed by atoms with Gasteiger partial charge in [0.15, 0.2) is 11.4 Å². The maximum atomic E-state index is 13.3. The molecule has 30 heteroatoms. The minimum absolute atomic E-state index is 0. The fraction of sp³-hybridized carbons (Fsp3) is 0.103. The average molecular weight is 933 g/mol. The number of allylic oxidation sites excluding steroid dienone is 6. The van der Waals surface area contributed by atoms with E-state index < -0.39 is 118 Å². The first-order valence-electron chi connectivity index (χ1n) is 14.3. The molecule has 0 N–H and O–H groups in total. The standard InChI is InChI=1S/C29H24N4O18S4.4Na/c1-50-28(36)24-22(26(34)32(30-24)16-10-18(52(38,39)40)14-19(11-16)53(41,42)43)8-6-4-3-5-7-9-23-25(29(37)51-2)31-33(27(23)35)17-12-20(54(44,45)46)15-21(13-17)55(47,48)49;;;;/h3-15,22H,1-2H3,(H,38,39,40)(H,41,42,43)(H,44,45,46)(H,47,48,49);;;;/q;4*+1/p-4/b4-3+,7-5+,8-6+,23-9-;;;;. The van der Waals surface area contributed by atoms with Crippen LogP contribution in [0.5, 0.6) is 0 Å². The molecule has 0 bridgehead atoms. The van der Waals surface area contributed by atoms with Gasteiger partial charge in [-0.2, -0.15) is 20.2 Å². The third-order valence-electron chi connectivity index (χ3n) is 7.01. The van der Waals surface area contributed by atoms with E-state index >= 15 is 0 Å². The second-order valence-electron chi connectivity index (χ2n) is 10.5. The van der Waals surface area contributed by atoms with E-state index in [1.807, 2.05) is 0 Å². The van der Waals surface area contributed by atoms with Crippen molar-refractivity contribution in [1.82, 2.24) is 0 Å². The summed E-state index contributed by atoms with van der Waals surface area (Å²) in [6.45, 7) is 0. The molecule has 2 aliphatic rings. The summed E-state index contributed by atoms with van der Waals surface area (Å²) in [7, 11) is -19.5. The topological polar surface area (TPSA) is 347 Å². The van der Waals surface area contributed by atoms with Gasteiger partial charge in [-0.3, -0.25) is 9.59 Å². The first kappa shape index (κ1) is 57.3. The van der Waals surface area contributed by atoms with Crippen molar-refractivity contribution < 1.29 is 199 Å². The first-order chi connectivity index (χ1) is 25.4. The van der Waals surface area contributed by atoms with Crippen LogP contribution < -0.4 is 128 Å². The van der Waals surface area contributed by atoms with Crippen molar-refractivity contribution >= 4 is 87.0 Å². The molecule has 292 valence electrons. The molecule has 0 spiro atoms. The van der Waals surface area contributed by atoms with E-state index in [9.17, 15) is 71.1 Å². The molecule has 2 aliphatic heterocycles. The molecular formula is C29H20N4Na4O18S4. The molecule has 0 aliphatic carbocycles. The fourth-order valence-corrected chi connectivity index (χ4v) is 6.84. The maximum absolute atomic E-state index is 13.3. The van der Waals surface area contributed by atoms with Crippen LogP contribution in [0, 0.1) is 5.92 Å². The van der Waals surface area contributed by atoms with E-state index in [2.05, 4.69) is 19.7 Å². The van der Waals surface area contributed by atoms with Crippen molar-refractivity contribution in [3.05, 3.63) is 84.5 Å². The molecule has 2 aromatic carbocycles. The number of carbonyl (C=O) groups is 4. The van der Waals surface area contributed by atoms with Crippen molar-refractivity contribution in [1.29, 1.82) is 0 Å². The van der Waals surface area contributed by atoms with Crippen molar-refractivity contribution in [3.8, 4) is 0 Å². The van der Waals surface area contributed by atoms with Crippen molar-refractivity contribution in [3.63, 3.8) is 0 Å². The predicted octanol–water partition coefficient (Wildman–Crippen LogP) is -13.0. The monoisotopic (exact) mass is 932 g/mol. The largest absolute Gasteiger partial charge is 1.00 e. The summed E-state index contributed by atoms with van der Waals surface area (Å²) in [4.78, 5) is 46.5. The number of hydrogen-bond donors (Lipinski definition) is 0. The Bertz CT molecular complexity index is 2580. The number of esters is 2. The van der Waals surface area contributed by atoms with Gasteiger partial charge < -0.3 is 27.7 Å². The van der Waals surface area contributed by atoms with Crippen LogP contribution in [0.2, 0.25) is 0 Å². The van der Waals surface area contributed by atoms with Crippen LogP contribution in [0.1, 0.15) is 0 Å². The zero-order chi connectivity index (χ0) is 41.3. The van der Waals surface area contributed by atoms with E-state index in [-0.39, 0.29) is 130 Å². The number of hydrazone groups is 2. The van der Waals surface area contributed by atoms with Crippen LogP contribution in [0.15, 0.2) is 114 Å². The van der Waals surface area contributed by atoms with Crippen LogP contribution in [0.3, 0.4) is 0 Å². The molecular weight excluding hydrogens is 913 g/mol. The molecule has 2 heterocycles. The van der Waals surface area contributed by atoms with Crippen molar-refractivity contribution in [2.24, 2.45) is 16.1 Å². The number of carbonyl (C=O) groups excluding carboxylic acids is 4. The summed E-state index contributed by atoms with van der Waals surface area (Å²) < 4.78 is 148. The van der Waals surface area contributed by atoms with E-state index in [0.29, 0.717) is 34.3 Å². The molecule has 0 saturated heterocycles. The van der Waals surface area contributed by atoms with Crippen LogP contribution in [-0.2, 0) is 69.1 Å². The van der Waals surface area contributed by atoms with Crippen LogP contribution in [0.25, 0.3) is 0 Å². The normalized spacial score (nSPS) is 16.6. The van der Waals surface area contributed by atoms with Gasteiger partial charge in [-0.15, -0.1) is 0 Å². The zero-order valence-electron chi connectivity index (χ0n) is 31.4. The number of anilines is 2. The Morgan fingerprint density at radius 1 is 0.593 bits per heavy atom. The number of methoxy groups -OCH3 is 2. The number of rotatable bonds is 12. The SMILES string of the molecule is COC(=O)C1=NN(c2cc(S(=O)(=O)[O-])cc(S(=O)(=O)[O-])c2)C(=O)\C1=C/C=C/C=C/C=C/C1C(=O)N(c2cc(S(=O)(=O)[O-])cc(S(=O)(=O)[O-])c2)N=C1C(=O)OC.[Na+].[Na+].[Na+].[Na+]. The predicted molar refractivity (Wildman–Crippen MR) is 178 cm³/mol. The minimum atomic E-state index is -5.36. The van der Waals surface area contributed by atoms with Crippen LogP contribution in [0.4, 0.5) is 11.4 Å². The quantitative estimate of drug-likeness (QED) is 0.0627. The molecule has 59 heavy (non-hydrogen) atoms. The molecule has 0 fully saturated rings. The Morgan fingerprint density at radius 3 is 1.39 bits per heavy atom. The summed E-state index contributed by atoms with van der Waals surface area (Å²) in [5, 5.41) is 8.24. The summed E-state index contributed by atoms with van der Waals surface area (Å²) >= 11 is 0.